The third-order valence-corrected chi connectivity index (χ3v) is 12.9. The highest BCUT2D eigenvalue weighted by Crippen LogP contribution is 2.46. The molecule has 0 aliphatic heterocycles. The highest BCUT2D eigenvalue weighted by molar-refractivity contribution is 5.75. The summed E-state index contributed by atoms with van der Waals surface area (Å²) in [5.41, 5.74) is 0. The summed E-state index contributed by atoms with van der Waals surface area (Å²) in [7, 11) is 0. The summed E-state index contributed by atoms with van der Waals surface area (Å²) in [4.78, 5) is 9.53. The van der Waals surface area contributed by atoms with Gasteiger partial charge >= 0.3 is 5.96 Å². The molecule has 6 rings (SSSR count). The molecule has 0 amide bonds. The minimum atomic E-state index is 0.603. The lowest BCUT2D eigenvalue weighted by molar-refractivity contribution is -0.925. The van der Waals surface area contributed by atoms with Gasteiger partial charge in [0, 0.05) is 12.1 Å². The van der Waals surface area contributed by atoms with Crippen molar-refractivity contribution in [1.29, 1.82) is 0 Å². The molecule has 6 saturated carbocycles. The average Bonchev–Trinajstić information content (AvgIpc) is 3.05. The second-order valence-corrected chi connectivity index (χ2v) is 15.4. The van der Waals surface area contributed by atoms with Crippen LogP contribution in [-0.4, -0.2) is 51.6 Å². The monoisotopic (exact) mass is 553 g/mol. The lowest BCUT2D eigenvalue weighted by Gasteiger charge is -2.60. The van der Waals surface area contributed by atoms with E-state index in [0.29, 0.717) is 6.04 Å². The Kier molecular flexibility index (Phi) is 10.9. The van der Waals surface area contributed by atoms with Crippen LogP contribution in [0.1, 0.15) is 193 Å². The van der Waals surface area contributed by atoms with Crippen LogP contribution >= 0.6 is 0 Å². The lowest BCUT2D eigenvalue weighted by atomic mass is 9.80. The maximum atomic E-state index is 6.30. The predicted molar refractivity (Wildman–Crippen MR) is 171 cm³/mol. The molecule has 6 fully saturated rings. The summed E-state index contributed by atoms with van der Waals surface area (Å²) in [6.07, 6.45) is 43.8. The van der Waals surface area contributed by atoms with E-state index in [0.717, 1.165) is 30.2 Å². The van der Waals surface area contributed by atoms with Gasteiger partial charge < -0.3 is 4.90 Å². The van der Waals surface area contributed by atoms with Crippen molar-refractivity contribution >= 4 is 5.96 Å². The minimum Gasteiger partial charge on any atom is -0.305 e. The molecule has 0 aromatic rings. The molecule has 0 bridgehead atoms. The molecule has 0 atom stereocenters. The van der Waals surface area contributed by atoms with E-state index in [1.807, 2.05) is 0 Å². The van der Waals surface area contributed by atoms with Crippen LogP contribution in [0.2, 0.25) is 0 Å². The van der Waals surface area contributed by atoms with E-state index in [-0.39, 0.29) is 0 Å². The van der Waals surface area contributed by atoms with Gasteiger partial charge in [0.1, 0.15) is 0 Å². The molecule has 3 heteroatoms. The van der Waals surface area contributed by atoms with Crippen molar-refractivity contribution in [2.45, 2.75) is 229 Å². The van der Waals surface area contributed by atoms with Crippen molar-refractivity contribution in [1.82, 2.24) is 4.90 Å². The van der Waals surface area contributed by atoms with Crippen LogP contribution in [0.4, 0.5) is 0 Å². The Labute approximate surface area is 248 Å². The van der Waals surface area contributed by atoms with Crippen molar-refractivity contribution in [2.75, 3.05) is 0 Å². The molecule has 0 N–H and O–H groups in total. The molecular formula is C37H66N3+. The first-order valence-corrected chi connectivity index (χ1v) is 19.1. The largest absolute Gasteiger partial charge is 0.305 e. The molecule has 0 aromatic carbocycles. The molecule has 0 spiro atoms. The molecular weight excluding hydrogens is 486 g/mol. The Morgan fingerprint density at radius 2 is 0.675 bits per heavy atom. The lowest BCUT2D eigenvalue weighted by Crippen LogP contribution is -2.75. The van der Waals surface area contributed by atoms with Gasteiger partial charge in [-0.25, -0.2) is 4.99 Å². The first-order chi connectivity index (χ1) is 19.9. The van der Waals surface area contributed by atoms with Crippen LogP contribution in [0.5, 0.6) is 0 Å². The number of nitrogens with zero attached hydrogens (tertiary/aromatic N) is 3. The van der Waals surface area contributed by atoms with Crippen molar-refractivity contribution in [3.63, 3.8) is 0 Å². The number of hydrogen-bond donors (Lipinski definition) is 0. The van der Waals surface area contributed by atoms with Crippen LogP contribution < -0.4 is 0 Å². The fraction of sp³-hybridized carbons (Fsp3) is 0.973. The molecule has 228 valence electrons. The third kappa shape index (κ3) is 6.50. The molecule has 0 saturated heterocycles. The zero-order chi connectivity index (χ0) is 27.0. The predicted octanol–water partition coefficient (Wildman–Crippen LogP) is 10.5. The van der Waals surface area contributed by atoms with Gasteiger partial charge in [0.05, 0.1) is 24.2 Å². The van der Waals surface area contributed by atoms with E-state index in [9.17, 15) is 0 Å². The van der Waals surface area contributed by atoms with Crippen LogP contribution in [0.3, 0.4) is 0 Å². The van der Waals surface area contributed by atoms with Gasteiger partial charge in [-0.05, 0) is 116 Å². The Hall–Kier alpha value is -0.570. The van der Waals surface area contributed by atoms with Crippen molar-refractivity contribution in [3.05, 3.63) is 0 Å². The fourth-order valence-corrected chi connectivity index (χ4v) is 11.0. The smallest absolute Gasteiger partial charge is 0.301 e. The SMILES string of the molecule is C1CCC(N=C(N(C2CCCCC2)C2CCCCC2)[N+](C2CCCCC2)(C2CCCCC2)C2CCCCC2)CC1. The molecule has 40 heavy (non-hydrogen) atoms. The summed E-state index contributed by atoms with van der Waals surface area (Å²) in [5, 5.41) is 0. The van der Waals surface area contributed by atoms with E-state index in [1.54, 1.807) is 5.96 Å². The van der Waals surface area contributed by atoms with Crippen LogP contribution in [0.25, 0.3) is 0 Å². The molecule has 0 unspecified atom stereocenters. The van der Waals surface area contributed by atoms with Gasteiger partial charge in [0.25, 0.3) is 0 Å². The Morgan fingerprint density at radius 3 is 1.02 bits per heavy atom. The van der Waals surface area contributed by atoms with Crippen LogP contribution in [-0.2, 0) is 0 Å². The molecule has 6 aliphatic rings. The second-order valence-electron chi connectivity index (χ2n) is 15.4. The first kappa shape index (κ1) is 29.5. The van der Waals surface area contributed by atoms with E-state index < -0.39 is 0 Å². The molecule has 0 aromatic heterocycles. The normalized spacial score (nSPS) is 29.1. The number of guanidine groups is 1. The van der Waals surface area contributed by atoms with Gasteiger partial charge in [0.15, 0.2) is 0 Å². The number of hydrogen-bond acceptors (Lipinski definition) is 1. The number of quaternary nitrogens is 1. The fourth-order valence-electron chi connectivity index (χ4n) is 11.0. The quantitative estimate of drug-likeness (QED) is 0.182. The molecule has 3 nitrogen and oxygen atoms in total. The van der Waals surface area contributed by atoms with Crippen molar-refractivity contribution < 1.29 is 4.48 Å². The van der Waals surface area contributed by atoms with Gasteiger partial charge in [-0.15, -0.1) is 0 Å². The summed E-state index contributed by atoms with van der Waals surface area (Å²) in [6, 6.07) is 4.68. The van der Waals surface area contributed by atoms with Gasteiger partial charge in [0.2, 0.25) is 0 Å². The number of aliphatic imine (C=N–C) groups is 1. The first-order valence-electron chi connectivity index (χ1n) is 19.1. The average molecular weight is 553 g/mol. The highest BCUT2D eigenvalue weighted by Gasteiger charge is 2.57. The van der Waals surface area contributed by atoms with E-state index in [2.05, 4.69) is 4.90 Å². The van der Waals surface area contributed by atoms with Crippen LogP contribution in [0.15, 0.2) is 4.99 Å². The standard InChI is InChI=1S/C37H66N3/c1-7-19-31(20-8-1)38-37(39(32-21-9-2-10-22-32)33-23-11-3-12-24-33)40(34-25-13-4-14-26-34,35-27-15-5-16-28-35)36-29-17-6-18-30-36/h31-36H,1-30H2/q+1. The third-order valence-electron chi connectivity index (χ3n) is 12.9. The van der Waals surface area contributed by atoms with Gasteiger partial charge in [-0.2, -0.15) is 0 Å². The highest BCUT2D eigenvalue weighted by atomic mass is 15.6. The molecule has 0 radical (unpaired) electrons. The zero-order valence-electron chi connectivity index (χ0n) is 26.5. The van der Waals surface area contributed by atoms with Crippen LogP contribution in [0, 0.1) is 0 Å². The summed E-state index contributed by atoms with van der Waals surface area (Å²) < 4.78 is 1.39. The van der Waals surface area contributed by atoms with Gasteiger partial charge in [-0.1, -0.05) is 77.0 Å². The number of rotatable bonds is 6. The Balaban J connectivity index is 1.53. The van der Waals surface area contributed by atoms with E-state index in [1.165, 1.54) is 197 Å². The summed E-state index contributed by atoms with van der Waals surface area (Å²) in [6.45, 7) is 0. The maximum absolute atomic E-state index is 6.30. The Morgan fingerprint density at radius 1 is 0.375 bits per heavy atom. The summed E-state index contributed by atoms with van der Waals surface area (Å²) >= 11 is 0. The van der Waals surface area contributed by atoms with Crippen molar-refractivity contribution in [2.24, 2.45) is 4.99 Å². The zero-order valence-corrected chi connectivity index (χ0v) is 26.5. The molecule has 6 aliphatic carbocycles. The topological polar surface area (TPSA) is 15.6 Å². The molecule has 0 heterocycles. The van der Waals surface area contributed by atoms with E-state index >= 15 is 0 Å². The maximum Gasteiger partial charge on any atom is 0.301 e. The van der Waals surface area contributed by atoms with E-state index in [4.69, 9.17) is 4.99 Å². The second kappa shape index (κ2) is 14.7. The summed E-state index contributed by atoms with van der Waals surface area (Å²) in [5.74, 6) is 1.75. The van der Waals surface area contributed by atoms with Crippen molar-refractivity contribution in [3.8, 4) is 0 Å². The Bertz CT molecular complexity index is 691. The minimum absolute atomic E-state index is 0.603. The van der Waals surface area contributed by atoms with Gasteiger partial charge in [-0.3, -0.25) is 4.48 Å².